The monoisotopic (exact) mass is 435 g/mol. The van der Waals surface area contributed by atoms with E-state index in [0.29, 0.717) is 11.1 Å². The molecule has 0 spiro atoms. The largest absolute Gasteiger partial charge is 0.466 e. The summed E-state index contributed by atoms with van der Waals surface area (Å²) < 4.78 is 35.4. The summed E-state index contributed by atoms with van der Waals surface area (Å²) in [5.41, 5.74) is -0.887. The number of carbonyl (C=O) groups is 1. The maximum Gasteiger partial charge on any atom is 0.308 e. The molecule has 1 rings (SSSR count). The van der Waals surface area contributed by atoms with Crippen LogP contribution in [0.2, 0.25) is 0 Å². The van der Waals surface area contributed by atoms with Gasteiger partial charge in [-0.25, -0.2) is 13.3 Å². The molecule has 0 aliphatic rings. The maximum absolute atomic E-state index is 14.5. The van der Waals surface area contributed by atoms with Crippen molar-refractivity contribution >= 4 is 32.9 Å². The Hall–Kier alpha value is -0.790. The van der Waals surface area contributed by atoms with Gasteiger partial charge in [0.15, 0.2) is 0 Å². The van der Waals surface area contributed by atoms with Crippen molar-refractivity contribution in [2.75, 3.05) is 6.61 Å². The van der Waals surface area contributed by atoms with Crippen molar-refractivity contribution in [3.63, 3.8) is 0 Å². The molecule has 0 bridgehead atoms. The molecular formula is C18H27BrFNO3S. The van der Waals surface area contributed by atoms with Gasteiger partial charge in [-0.05, 0) is 52.3 Å². The molecule has 1 aromatic carbocycles. The second kappa shape index (κ2) is 9.24. The molecule has 25 heavy (non-hydrogen) atoms. The van der Waals surface area contributed by atoms with Crippen molar-refractivity contribution in [2.24, 2.45) is 0 Å². The molecule has 0 fully saturated rings. The van der Waals surface area contributed by atoms with Crippen molar-refractivity contribution in [2.45, 2.75) is 64.2 Å². The van der Waals surface area contributed by atoms with E-state index in [2.05, 4.69) is 20.7 Å². The van der Waals surface area contributed by atoms with Crippen LogP contribution in [-0.4, -0.2) is 21.5 Å². The van der Waals surface area contributed by atoms with Crippen LogP contribution in [0.1, 0.15) is 59.4 Å². The van der Waals surface area contributed by atoms with Gasteiger partial charge in [-0.2, -0.15) is 0 Å². The van der Waals surface area contributed by atoms with Crippen LogP contribution < -0.4 is 4.72 Å². The Labute approximate surface area is 160 Å². The smallest absolute Gasteiger partial charge is 0.308 e. The fourth-order valence-corrected chi connectivity index (χ4v) is 3.39. The molecule has 142 valence electrons. The van der Waals surface area contributed by atoms with Gasteiger partial charge in [0, 0.05) is 10.0 Å². The summed E-state index contributed by atoms with van der Waals surface area (Å²) in [7, 11) is -1.49. The zero-order valence-corrected chi connectivity index (χ0v) is 17.9. The molecular weight excluding hydrogens is 409 g/mol. The molecule has 0 aliphatic heterocycles. The highest BCUT2D eigenvalue weighted by atomic mass is 79.9. The summed E-state index contributed by atoms with van der Waals surface area (Å²) >= 11 is 3.33. The zero-order chi connectivity index (χ0) is 19.3. The Bertz CT molecular complexity index is 633. The standard InChI is InChI=1S/C18H27BrFNO3S/c1-6-7-10-24-16(22)12-18(5,21-25(23)17(2,3)4)14-11-13(19)8-9-15(14)20/h8-9,11,21H,6-7,10,12H2,1-5H3/t18-,25+/m0/s1. The number of hydrogen-bond acceptors (Lipinski definition) is 3. The number of nitrogens with one attached hydrogen (secondary N) is 1. The van der Waals surface area contributed by atoms with E-state index in [1.165, 1.54) is 6.07 Å². The highest BCUT2D eigenvalue weighted by Crippen LogP contribution is 2.31. The first-order valence-electron chi connectivity index (χ1n) is 8.30. The lowest BCUT2D eigenvalue weighted by Gasteiger charge is -2.33. The predicted molar refractivity (Wildman–Crippen MR) is 103 cm³/mol. The number of rotatable bonds is 8. The number of esters is 1. The number of unbranched alkanes of at least 4 members (excludes halogenated alkanes) is 1. The first-order valence-corrected chi connectivity index (χ1v) is 10.2. The van der Waals surface area contributed by atoms with Crippen LogP contribution in [0.4, 0.5) is 4.39 Å². The SMILES string of the molecule is CCCCOC(=O)C[C@](C)(N[S@](=O)C(C)(C)C)c1cc(Br)ccc1F. The van der Waals surface area contributed by atoms with Crippen LogP contribution in [0.15, 0.2) is 22.7 Å². The maximum atomic E-state index is 14.5. The van der Waals surface area contributed by atoms with Crippen molar-refractivity contribution in [3.05, 3.63) is 34.1 Å². The summed E-state index contributed by atoms with van der Waals surface area (Å²) in [6, 6.07) is 4.50. The number of carbonyl (C=O) groups excluding carboxylic acids is 1. The predicted octanol–water partition coefficient (Wildman–Crippen LogP) is 4.59. The first-order chi connectivity index (χ1) is 11.5. The number of halogens is 2. The second-order valence-corrected chi connectivity index (χ2v) is 10.1. The van der Waals surface area contributed by atoms with Crippen molar-refractivity contribution in [3.8, 4) is 0 Å². The lowest BCUT2D eigenvalue weighted by atomic mass is 9.89. The van der Waals surface area contributed by atoms with Crippen LogP contribution in [0, 0.1) is 5.82 Å². The van der Waals surface area contributed by atoms with Gasteiger partial charge in [0.25, 0.3) is 0 Å². The number of benzene rings is 1. The molecule has 0 radical (unpaired) electrons. The first kappa shape index (κ1) is 22.3. The molecule has 0 unspecified atom stereocenters. The minimum atomic E-state index is -1.49. The molecule has 0 amide bonds. The quantitative estimate of drug-likeness (QED) is 0.479. The minimum Gasteiger partial charge on any atom is -0.466 e. The molecule has 7 heteroatoms. The van der Waals surface area contributed by atoms with Gasteiger partial charge in [-0.15, -0.1) is 0 Å². The van der Waals surface area contributed by atoms with Crippen molar-refractivity contribution < 1.29 is 18.1 Å². The summed E-state index contributed by atoms with van der Waals surface area (Å²) in [6.07, 6.45) is 1.57. The van der Waals surface area contributed by atoms with E-state index < -0.39 is 33.1 Å². The lowest BCUT2D eigenvalue weighted by molar-refractivity contribution is -0.145. The highest BCUT2D eigenvalue weighted by molar-refractivity contribution is 9.10. The average molecular weight is 436 g/mol. The number of hydrogen-bond donors (Lipinski definition) is 1. The molecule has 2 atom stereocenters. The summed E-state index contributed by atoms with van der Waals surface area (Å²) in [6.45, 7) is 9.44. The Morgan fingerprint density at radius 3 is 2.52 bits per heavy atom. The van der Waals surface area contributed by atoms with Gasteiger partial charge in [-0.1, -0.05) is 29.3 Å². The average Bonchev–Trinajstić information content (AvgIpc) is 2.48. The number of ether oxygens (including phenoxy) is 1. The minimum absolute atomic E-state index is 0.119. The van der Waals surface area contributed by atoms with Crippen LogP contribution >= 0.6 is 15.9 Å². The summed E-state index contributed by atoms with van der Waals surface area (Å²) in [5.74, 6) is -0.917. The second-order valence-electron chi connectivity index (χ2n) is 7.19. The van der Waals surface area contributed by atoms with Crippen LogP contribution in [-0.2, 0) is 26.1 Å². The summed E-state index contributed by atoms with van der Waals surface area (Å²) in [4.78, 5) is 12.2. The van der Waals surface area contributed by atoms with E-state index in [1.807, 2.05) is 27.7 Å². The molecule has 1 N–H and O–H groups in total. The van der Waals surface area contributed by atoms with E-state index in [1.54, 1.807) is 19.1 Å². The summed E-state index contributed by atoms with van der Waals surface area (Å²) in [5, 5.41) is 0. The van der Waals surface area contributed by atoms with Gasteiger partial charge in [0.1, 0.15) is 5.82 Å². The molecule has 0 heterocycles. The third-order valence-corrected chi connectivity index (χ3v) is 5.90. The third-order valence-electron chi connectivity index (χ3n) is 3.66. The van der Waals surface area contributed by atoms with Gasteiger partial charge in [0.05, 0.1) is 34.3 Å². The van der Waals surface area contributed by atoms with E-state index in [0.717, 1.165) is 12.8 Å². The normalized spacial score (nSPS) is 15.5. The topological polar surface area (TPSA) is 55.4 Å². The fraction of sp³-hybridized carbons (Fsp3) is 0.611. The van der Waals surface area contributed by atoms with Gasteiger partial charge in [-0.3, -0.25) is 4.79 Å². The van der Waals surface area contributed by atoms with E-state index >= 15 is 0 Å². The Morgan fingerprint density at radius 2 is 1.96 bits per heavy atom. The third kappa shape index (κ3) is 6.79. The van der Waals surface area contributed by atoms with Crippen molar-refractivity contribution in [1.29, 1.82) is 0 Å². The fourth-order valence-electron chi connectivity index (χ4n) is 2.13. The van der Waals surface area contributed by atoms with Gasteiger partial charge < -0.3 is 4.74 Å². The van der Waals surface area contributed by atoms with E-state index in [9.17, 15) is 13.4 Å². The molecule has 0 aromatic heterocycles. The van der Waals surface area contributed by atoms with Gasteiger partial charge in [0.2, 0.25) is 0 Å². The molecule has 4 nitrogen and oxygen atoms in total. The van der Waals surface area contributed by atoms with Crippen LogP contribution in [0.3, 0.4) is 0 Å². The highest BCUT2D eigenvalue weighted by Gasteiger charge is 2.37. The van der Waals surface area contributed by atoms with Crippen LogP contribution in [0.5, 0.6) is 0 Å². The lowest BCUT2D eigenvalue weighted by Crippen LogP contribution is -2.48. The Balaban J connectivity index is 3.15. The molecule has 0 saturated heterocycles. The Kier molecular flexibility index (Phi) is 8.22. The van der Waals surface area contributed by atoms with Crippen LogP contribution in [0.25, 0.3) is 0 Å². The zero-order valence-electron chi connectivity index (χ0n) is 15.4. The molecule has 0 saturated carbocycles. The van der Waals surface area contributed by atoms with Crippen molar-refractivity contribution in [1.82, 2.24) is 4.72 Å². The van der Waals surface area contributed by atoms with E-state index in [-0.39, 0.29) is 12.0 Å². The van der Waals surface area contributed by atoms with E-state index in [4.69, 9.17) is 4.74 Å². The molecule has 1 aromatic rings. The molecule has 0 aliphatic carbocycles. The Morgan fingerprint density at radius 1 is 1.32 bits per heavy atom. The van der Waals surface area contributed by atoms with Gasteiger partial charge >= 0.3 is 5.97 Å².